The standard InChI is InChI=1S/C35H28Cl2N3OP.BrH/c36-27-21-20-26(32(37)24-27)25-40-33-19-11-10-18-31(33)34(39-40)35(41)38-22-23-42(28-12-4-1-5-13-28,29-14-6-2-7-15-29)30-16-8-3-9-17-30;/h1-21,24H,22-23,25H2;1H. The molecule has 0 unspecified atom stereocenters. The van der Waals surface area contributed by atoms with Crippen molar-refractivity contribution in [1.29, 1.82) is 0 Å². The Morgan fingerprint density at radius 1 is 0.721 bits per heavy atom. The Morgan fingerprint density at radius 3 is 1.81 bits per heavy atom. The second-order valence-corrected chi connectivity index (χ2v) is 14.5. The summed E-state index contributed by atoms with van der Waals surface area (Å²) in [5.74, 6) is -0.195. The Hall–Kier alpha value is -3.47. The van der Waals surface area contributed by atoms with Crippen molar-refractivity contribution in [1.82, 2.24) is 15.1 Å². The predicted molar refractivity (Wildman–Crippen MR) is 178 cm³/mol. The van der Waals surface area contributed by atoms with Gasteiger partial charge in [0.15, 0.2) is 5.69 Å². The average Bonchev–Trinajstić information content (AvgIpc) is 3.40. The molecule has 8 heteroatoms. The van der Waals surface area contributed by atoms with E-state index in [4.69, 9.17) is 28.3 Å². The van der Waals surface area contributed by atoms with E-state index in [0.717, 1.165) is 22.6 Å². The van der Waals surface area contributed by atoms with E-state index in [2.05, 4.69) is 96.3 Å². The first kappa shape index (κ1) is 31.0. The number of halogens is 3. The number of carbonyl (C=O) groups excluding carboxylic acids is 1. The highest BCUT2D eigenvalue weighted by atomic mass is 79.9. The molecule has 43 heavy (non-hydrogen) atoms. The second kappa shape index (κ2) is 13.9. The van der Waals surface area contributed by atoms with E-state index in [-0.39, 0.29) is 22.9 Å². The topological polar surface area (TPSA) is 46.9 Å². The van der Waals surface area contributed by atoms with Crippen molar-refractivity contribution >= 4 is 63.2 Å². The van der Waals surface area contributed by atoms with E-state index < -0.39 is 7.26 Å². The smallest absolute Gasteiger partial charge is 0.272 e. The number of amides is 1. The third kappa shape index (κ3) is 6.41. The zero-order chi connectivity index (χ0) is 28.9. The highest BCUT2D eigenvalue weighted by Gasteiger charge is 2.44. The van der Waals surface area contributed by atoms with Crippen molar-refractivity contribution in [2.45, 2.75) is 6.54 Å². The Morgan fingerprint density at radius 2 is 1.26 bits per heavy atom. The van der Waals surface area contributed by atoms with Crippen molar-refractivity contribution in [2.24, 2.45) is 0 Å². The molecule has 1 amide bonds. The Bertz CT molecular complexity index is 1740. The van der Waals surface area contributed by atoms with Crippen LogP contribution in [0.2, 0.25) is 10.0 Å². The molecule has 0 fully saturated rings. The molecule has 0 saturated heterocycles. The van der Waals surface area contributed by atoms with Gasteiger partial charge >= 0.3 is 0 Å². The fourth-order valence-corrected chi connectivity index (χ4v) is 10.2. The van der Waals surface area contributed by atoms with Gasteiger partial charge in [-0.05, 0) is 60.2 Å². The summed E-state index contributed by atoms with van der Waals surface area (Å²) in [5.41, 5.74) is 2.15. The maximum Gasteiger partial charge on any atom is 0.272 e. The van der Waals surface area contributed by atoms with Crippen LogP contribution in [0.1, 0.15) is 16.1 Å². The lowest BCUT2D eigenvalue weighted by Gasteiger charge is -2.27. The van der Waals surface area contributed by atoms with Gasteiger partial charge in [-0.1, -0.05) is 102 Å². The summed E-state index contributed by atoms with van der Waals surface area (Å²) in [4.78, 5) is 13.7. The van der Waals surface area contributed by atoms with E-state index in [9.17, 15) is 4.79 Å². The van der Waals surface area contributed by atoms with Gasteiger partial charge in [0.2, 0.25) is 0 Å². The van der Waals surface area contributed by atoms with Crippen LogP contribution in [-0.4, -0.2) is 28.4 Å². The molecular formula is C35H29BrCl2N3OP. The van der Waals surface area contributed by atoms with Crippen LogP contribution in [-0.2, 0) is 6.54 Å². The normalized spacial score (nSPS) is 11.2. The number of nitrogens with zero attached hydrogens (tertiary/aromatic N) is 2. The third-order valence-corrected chi connectivity index (χ3v) is 12.6. The Labute approximate surface area is 272 Å². The Kier molecular flexibility index (Phi) is 10.00. The maximum absolute atomic E-state index is 13.7. The minimum atomic E-state index is -2.07. The first-order valence-corrected chi connectivity index (χ1v) is 16.5. The summed E-state index contributed by atoms with van der Waals surface area (Å²) >= 11 is 12.6. The maximum atomic E-state index is 13.7. The Balaban J connectivity index is 0.00000368. The molecule has 0 atom stereocenters. The summed E-state index contributed by atoms with van der Waals surface area (Å²) in [6, 6.07) is 45.2. The number of aromatic nitrogens is 2. The lowest BCUT2D eigenvalue weighted by Crippen LogP contribution is -3.00. The first-order valence-electron chi connectivity index (χ1n) is 13.8. The van der Waals surface area contributed by atoms with E-state index in [1.165, 1.54) is 15.9 Å². The van der Waals surface area contributed by atoms with Crippen LogP contribution in [0.15, 0.2) is 133 Å². The van der Waals surface area contributed by atoms with Crippen molar-refractivity contribution in [3.8, 4) is 0 Å². The summed E-state index contributed by atoms with van der Waals surface area (Å²) in [6.07, 6.45) is 0.774. The van der Waals surface area contributed by atoms with Gasteiger partial charge in [0.25, 0.3) is 5.91 Å². The molecule has 0 bridgehead atoms. The van der Waals surface area contributed by atoms with Gasteiger partial charge < -0.3 is 22.3 Å². The monoisotopic (exact) mass is 687 g/mol. The zero-order valence-corrected chi connectivity index (χ0v) is 27.2. The largest absolute Gasteiger partial charge is 1.00 e. The van der Waals surface area contributed by atoms with Gasteiger partial charge in [0.05, 0.1) is 24.8 Å². The molecule has 1 aromatic heterocycles. The summed E-state index contributed by atoms with van der Waals surface area (Å²) < 4.78 is 1.83. The minimum absolute atomic E-state index is 0. The van der Waals surface area contributed by atoms with Crippen molar-refractivity contribution in [2.75, 3.05) is 12.7 Å². The molecule has 0 aliphatic rings. The number of rotatable bonds is 9. The van der Waals surface area contributed by atoms with Crippen LogP contribution >= 0.6 is 30.5 Å². The fourth-order valence-electron chi connectivity index (χ4n) is 5.53. The van der Waals surface area contributed by atoms with Crippen LogP contribution in [0, 0.1) is 0 Å². The molecule has 6 aromatic rings. The molecule has 1 heterocycles. The van der Waals surface area contributed by atoms with Gasteiger partial charge in [0.1, 0.15) is 23.2 Å². The molecule has 0 radical (unpaired) electrons. The van der Waals surface area contributed by atoms with E-state index in [0.29, 0.717) is 28.8 Å². The van der Waals surface area contributed by atoms with Crippen molar-refractivity contribution < 1.29 is 21.8 Å². The third-order valence-electron chi connectivity index (χ3n) is 7.53. The number of carbonyl (C=O) groups is 1. The number of nitrogens with one attached hydrogen (secondary N) is 1. The van der Waals surface area contributed by atoms with Gasteiger partial charge in [-0.3, -0.25) is 9.48 Å². The molecule has 0 aliphatic heterocycles. The van der Waals surface area contributed by atoms with E-state index in [1.54, 1.807) is 6.07 Å². The summed E-state index contributed by atoms with van der Waals surface area (Å²) in [5, 5.41) is 13.8. The van der Waals surface area contributed by atoms with Crippen LogP contribution in [0.25, 0.3) is 10.9 Å². The van der Waals surface area contributed by atoms with Crippen LogP contribution < -0.4 is 38.2 Å². The average molecular weight is 689 g/mol. The minimum Gasteiger partial charge on any atom is -1.00 e. The molecule has 1 N–H and O–H groups in total. The molecule has 0 saturated carbocycles. The molecule has 0 spiro atoms. The van der Waals surface area contributed by atoms with Gasteiger partial charge in [-0.25, -0.2) is 0 Å². The zero-order valence-electron chi connectivity index (χ0n) is 23.2. The number of fused-ring (bicyclic) bond motifs is 1. The molecule has 6 rings (SSSR count). The quantitative estimate of drug-likeness (QED) is 0.233. The predicted octanol–water partition coefficient (Wildman–Crippen LogP) is 4.12. The van der Waals surface area contributed by atoms with Crippen LogP contribution in [0.5, 0.6) is 0 Å². The van der Waals surface area contributed by atoms with Gasteiger partial charge in [0, 0.05) is 15.4 Å². The summed E-state index contributed by atoms with van der Waals surface area (Å²) in [7, 11) is -2.07. The van der Waals surface area contributed by atoms with Crippen LogP contribution in [0.4, 0.5) is 0 Å². The molecule has 216 valence electrons. The van der Waals surface area contributed by atoms with E-state index in [1.807, 2.05) is 41.1 Å². The van der Waals surface area contributed by atoms with E-state index >= 15 is 0 Å². The summed E-state index contributed by atoms with van der Waals surface area (Å²) in [6.45, 7) is 0.921. The second-order valence-electron chi connectivity index (χ2n) is 10.1. The lowest BCUT2D eigenvalue weighted by molar-refractivity contribution is -0.0000163. The SMILES string of the molecule is O=C(NCC[P+](c1ccccc1)(c1ccccc1)c1ccccc1)c1nn(Cc2ccc(Cl)cc2Cl)c2ccccc12.[Br-]. The highest BCUT2D eigenvalue weighted by molar-refractivity contribution is 7.95. The van der Waals surface area contributed by atoms with Crippen molar-refractivity contribution in [3.05, 3.63) is 155 Å². The van der Waals surface area contributed by atoms with Gasteiger partial charge in [-0.2, -0.15) is 5.10 Å². The van der Waals surface area contributed by atoms with Gasteiger partial charge in [-0.15, -0.1) is 0 Å². The van der Waals surface area contributed by atoms with Crippen molar-refractivity contribution in [3.63, 3.8) is 0 Å². The first-order chi connectivity index (χ1) is 20.6. The van der Waals surface area contributed by atoms with Crippen LogP contribution in [0.3, 0.4) is 0 Å². The number of hydrogen-bond donors (Lipinski definition) is 1. The molecular weight excluding hydrogens is 660 g/mol. The number of para-hydroxylation sites is 1. The highest BCUT2D eigenvalue weighted by Crippen LogP contribution is 2.54. The number of benzene rings is 5. The molecule has 0 aliphatic carbocycles. The lowest BCUT2D eigenvalue weighted by atomic mass is 10.2. The molecule has 4 nitrogen and oxygen atoms in total. The fraction of sp³-hybridized carbons (Fsp3) is 0.0857. The number of hydrogen-bond acceptors (Lipinski definition) is 2. The molecule has 5 aromatic carbocycles.